The third-order valence-corrected chi connectivity index (χ3v) is 6.90. The van der Waals surface area contributed by atoms with Crippen LogP contribution in [0.3, 0.4) is 0 Å². The van der Waals surface area contributed by atoms with Crippen LogP contribution < -0.4 is 15.8 Å². The largest absolute Gasteiger partial charge is 0.488 e. The molecular formula is C27H19F5N4O3S. The first-order valence-corrected chi connectivity index (χ1v) is 12.6. The number of thiazole rings is 1. The van der Waals surface area contributed by atoms with Crippen molar-refractivity contribution < 1.29 is 31.2 Å². The van der Waals surface area contributed by atoms with E-state index >= 15 is 0 Å². The van der Waals surface area contributed by atoms with E-state index in [1.165, 1.54) is 47.7 Å². The molecule has 0 radical (unpaired) electrons. The number of rotatable bonds is 9. The first-order chi connectivity index (χ1) is 19.2. The van der Waals surface area contributed by atoms with Crippen molar-refractivity contribution in [3.63, 3.8) is 0 Å². The van der Waals surface area contributed by atoms with Gasteiger partial charge in [0.25, 0.3) is 0 Å². The average Bonchev–Trinajstić information content (AvgIpc) is 3.54. The fourth-order valence-electron chi connectivity index (χ4n) is 3.76. The quantitative estimate of drug-likeness (QED) is 0.200. The molecule has 0 aliphatic rings. The minimum atomic E-state index is -4.45. The topological polar surface area (TPSA) is 93.0 Å². The van der Waals surface area contributed by atoms with Gasteiger partial charge in [0.15, 0.2) is 5.82 Å². The van der Waals surface area contributed by atoms with Crippen molar-refractivity contribution in [1.29, 1.82) is 0 Å². The number of aromatic nitrogens is 3. The van der Waals surface area contributed by atoms with Gasteiger partial charge in [0.2, 0.25) is 0 Å². The lowest BCUT2D eigenvalue weighted by molar-refractivity contribution is -0.137. The normalized spacial score (nSPS) is 11.6. The van der Waals surface area contributed by atoms with Crippen LogP contribution in [0.4, 0.5) is 22.0 Å². The summed E-state index contributed by atoms with van der Waals surface area (Å²) in [5, 5.41) is 7.18. The van der Waals surface area contributed by atoms with E-state index in [0.717, 1.165) is 23.8 Å². The van der Waals surface area contributed by atoms with Gasteiger partial charge in [-0.1, -0.05) is 29.4 Å². The second kappa shape index (κ2) is 11.4. The minimum Gasteiger partial charge on any atom is -0.488 e. The maximum Gasteiger partial charge on any atom is 0.439 e. The average molecular weight is 575 g/mol. The molecule has 40 heavy (non-hydrogen) atoms. The number of halogens is 5. The van der Waals surface area contributed by atoms with Crippen molar-refractivity contribution >= 4 is 11.3 Å². The highest BCUT2D eigenvalue weighted by molar-refractivity contribution is 7.15. The summed E-state index contributed by atoms with van der Waals surface area (Å²) in [5.74, 6) is -1.72. The number of aromatic amines is 1. The lowest BCUT2D eigenvalue weighted by atomic mass is 10.1. The van der Waals surface area contributed by atoms with Crippen molar-refractivity contribution in [1.82, 2.24) is 20.4 Å². The molecule has 3 aromatic carbocycles. The first-order valence-electron chi connectivity index (χ1n) is 11.8. The van der Waals surface area contributed by atoms with E-state index in [2.05, 4.69) is 25.0 Å². The monoisotopic (exact) mass is 574 g/mol. The zero-order valence-corrected chi connectivity index (χ0v) is 21.2. The van der Waals surface area contributed by atoms with Gasteiger partial charge in [0, 0.05) is 24.7 Å². The number of H-pyrrole nitrogens is 1. The summed E-state index contributed by atoms with van der Waals surface area (Å²) in [5.41, 5.74) is 1.20. The molecule has 5 aromatic rings. The zero-order valence-electron chi connectivity index (χ0n) is 20.4. The highest BCUT2D eigenvalue weighted by atomic mass is 32.1. The molecule has 0 saturated carbocycles. The number of nitrogens with one attached hydrogen (secondary N) is 2. The van der Waals surface area contributed by atoms with E-state index in [4.69, 9.17) is 4.74 Å². The van der Waals surface area contributed by atoms with Crippen LogP contribution in [0.15, 0.2) is 76.0 Å². The molecule has 0 spiro atoms. The Morgan fingerprint density at radius 2 is 1.73 bits per heavy atom. The van der Waals surface area contributed by atoms with Gasteiger partial charge in [-0.2, -0.15) is 13.2 Å². The summed E-state index contributed by atoms with van der Waals surface area (Å²) in [6.45, 7) is 0.718. The van der Waals surface area contributed by atoms with E-state index in [1.807, 2.05) is 0 Å². The smallest absolute Gasteiger partial charge is 0.439 e. The van der Waals surface area contributed by atoms with Gasteiger partial charge < -0.3 is 10.1 Å². The number of ether oxygens (including phenoxy) is 1. The molecule has 0 fully saturated rings. The van der Waals surface area contributed by atoms with Crippen LogP contribution in [0.5, 0.6) is 5.75 Å². The van der Waals surface area contributed by atoms with Crippen molar-refractivity contribution in [3.05, 3.63) is 111 Å². The summed E-state index contributed by atoms with van der Waals surface area (Å²) in [7, 11) is 0. The summed E-state index contributed by atoms with van der Waals surface area (Å²) in [6, 6.07) is 14.7. The molecule has 206 valence electrons. The molecule has 0 amide bonds. The van der Waals surface area contributed by atoms with Gasteiger partial charge in [0.05, 0.1) is 21.7 Å². The van der Waals surface area contributed by atoms with E-state index in [1.54, 1.807) is 12.1 Å². The Hall–Kier alpha value is -4.36. The molecule has 0 bridgehead atoms. The molecule has 13 heteroatoms. The Balaban J connectivity index is 1.34. The number of benzene rings is 3. The third kappa shape index (κ3) is 6.43. The number of nitrogens with zero attached hydrogens (tertiary/aromatic N) is 2. The number of hydrogen-bond donors (Lipinski definition) is 2. The lowest BCUT2D eigenvalue weighted by Gasteiger charge is -2.08. The van der Waals surface area contributed by atoms with E-state index in [-0.39, 0.29) is 29.6 Å². The standard InChI is InChI=1S/C27H19F5N4O3S/c28-18-7-1-15(2-8-18)12-33-13-22-23(40-25(34-22)16-3-5-17(6-4-16)27(30,31)32)14-38-19-9-10-20(21(29)11-19)24-35-26(37)39-36-24/h1-11,33H,12-14H2,(H,35,36,37). The molecular weight excluding hydrogens is 555 g/mol. The molecule has 5 rings (SSSR count). The van der Waals surface area contributed by atoms with E-state index < -0.39 is 23.3 Å². The number of hydrogen-bond acceptors (Lipinski definition) is 7. The lowest BCUT2D eigenvalue weighted by Crippen LogP contribution is -2.14. The Morgan fingerprint density at radius 1 is 0.975 bits per heavy atom. The summed E-state index contributed by atoms with van der Waals surface area (Å²) in [4.78, 5) is 18.7. The molecule has 2 aromatic heterocycles. The van der Waals surface area contributed by atoms with Crippen LogP contribution in [-0.2, 0) is 25.9 Å². The van der Waals surface area contributed by atoms with Gasteiger partial charge >= 0.3 is 11.9 Å². The molecule has 0 atom stereocenters. The van der Waals surface area contributed by atoms with Gasteiger partial charge in [-0.05, 0) is 42.0 Å². The fraction of sp³-hybridized carbons (Fsp3) is 0.148. The van der Waals surface area contributed by atoms with E-state index in [0.29, 0.717) is 34.2 Å². The highest BCUT2D eigenvalue weighted by Gasteiger charge is 2.30. The van der Waals surface area contributed by atoms with Gasteiger partial charge in [-0.15, -0.1) is 11.3 Å². The molecule has 2 heterocycles. The zero-order chi connectivity index (χ0) is 28.3. The Bertz CT molecular complexity index is 1660. The summed E-state index contributed by atoms with van der Waals surface area (Å²) in [6.07, 6.45) is -4.45. The Morgan fingerprint density at radius 3 is 2.38 bits per heavy atom. The highest BCUT2D eigenvalue weighted by Crippen LogP contribution is 2.34. The molecule has 0 unspecified atom stereocenters. The molecule has 0 saturated heterocycles. The molecule has 0 aliphatic carbocycles. The minimum absolute atomic E-state index is 0.00540. The second-order valence-corrected chi connectivity index (χ2v) is 9.65. The first kappa shape index (κ1) is 27.2. The van der Waals surface area contributed by atoms with E-state index in [9.17, 15) is 26.7 Å². The summed E-state index contributed by atoms with van der Waals surface area (Å²) < 4.78 is 77.0. The predicted octanol–water partition coefficient (Wildman–Crippen LogP) is 6.32. The van der Waals surface area contributed by atoms with Crippen molar-refractivity contribution in [3.8, 4) is 27.7 Å². The Labute approximate surface area is 227 Å². The third-order valence-electron chi connectivity index (χ3n) is 5.78. The molecule has 2 N–H and O–H groups in total. The number of alkyl halides is 3. The van der Waals surface area contributed by atoms with Crippen molar-refractivity contribution in [2.24, 2.45) is 0 Å². The van der Waals surface area contributed by atoms with Gasteiger partial charge in [-0.3, -0.25) is 9.51 Å². The fourth-order valence-corrected chi connectivity index (χ4v) is 4.76. The van der Waals surface area contributed by atoms with Crippen molar-refractivity contribution in [2.45, 2.75) is 25.9 Å². The van der Waals surface area contributed by atoms with Crippen LogP contribution in [0.2, 0.25) is 0 Å². The maximum absolute atomic E-state index is 14.6. The van der Waals surface area contributed by atoms with Gasteiger partial charge in [-0.25, -0.2) is 18.6 Å². The SMILES string of the molecule is O=c1[nH]c(-c2ccc(OCc3sc(-c4ccc(C(F)(F)F)cc4)nc3CNCc3ccc(F)cc3)cc2F)no1. The second-order valence-electron chi connectivity index (χ2n) is 8.57. The molecule has 7 nitrogen and oxygen atoms in total. The summed E-state index contributed by atoms with van der Waals surface area (Å²) >= 11 is 1.24. The van der Waals surface area contributed by atoms with Crippen LogP contribution in [0, 0.1) is 11.6 Å². The van der Waals surface area contributed by atoms with Crippen LogP contribution >= 0.6 is 11.3 Å². The maximum atomic E-state index is 14.6. The van der Waals surface area contributed by atoms with Crippen molar-refractivity contribution in [2.75, 3.05) is 0 Å². The van der Waals surface area contributed by atoms with Crippen LogP contribution in [0.1, 0.15) is 21.7 Å². The Kier molecular flexibility index (Phi) is 7.76. The predicted molar refractivity (Wildman–Crippen MR) is 136 cm³/mol. The molecule has 0 aliphatic heterocycles. The van der Waals surface area contributed by atoms with Crippen LogP contribution in [-0.4, -0.2) is 15.1 Å². The van der Waals surface area contributed by atoms with Gasteiger partial charge in [0.1, 0.15) is 29.0 Å². The van der Waals surface area contributed by atoms with Crippen LogP contribution in [0.25, 0.3) is 22.0 Å².